The number of pyridine rings is 1. The molecule has 0 atom stereocenters. The molecule has 8 heteroatoms. The van der Waals surface area contributed by atoms with Gasteiger partial charge in [0.25, 0.3) is 11.2 Å². The first-order chi connectivity index (χ1) is 13.5. The Morgan fingerprint density at radius 1 is 1.14 bits per heavy atom. The maximum atomic E-state index is 12.6. The van der Waals surface area contributed by atoms with Crippen molar-refractivity contribution in [3.05, 3.63) is 92.4 Å². The second kappa shape index (κ2) is 8.09. The number of carbonyl (C=O) groups is 1. The summed E-state index contributed by atoms with van der Waals surface area (Å²) < 4.78 is 5.80. The first-order valence-electron chi connectivity index (χ1n) is 8.20. The summed E-state index contributed by atoms with van der Waals surface area (Å²) >= 11 is 0. The van der Waals surface area contributed by atoms with Gasteiger partial charge in [0, 0.05) is 29.3 Å². The van der Waals surface area contributed by atoms with Crippen molar-refractivity contribution in [1.29, 1.82) is 0 Å². The molecule has 140 valence electrons. The highest BCUT2D eigenvalue weighted by Crippen LogP contribution is 2.19. The molecule has 2 aromatic carbocycles. The van der Waals surface area contributed by atoms with E-state index in [1.54, 1.807) is 42.5 Å². The van der Waals surface area contributed by atoms with Crippen LogP contribution in [0.2, 0.25) is 0 Å². The van der Waals surface area contributed by atoms with Gasteiger partial charge in [-0.3, -0.25) is 14.9 Å². The molecule has 0 unspecified atom stereocenters. The average molecular weight is 377 g/mol. The maximum absolute atomic E-state index is 12.6. The summed E-state index contributed by atoms with van der Waals surface area (Å²) in [6, 6.07) is 12.9. The minimum Gasteiger partial charge on any atom is -0.465 e. The molecule has 0 aliphatic carbocycles. The number of ether oxygens (including phenoxy) is 1. The molecule has 3 aromatic rings. The van der Waals surface area contributed by atoms with Crippen molar-refractivity contribution in [2.75, 3.05) is 7.11 Å². The first-order valence-corrected chi connectivity index (χ1v) is 8.20. The fraction of sp³-hybridized carbons (Fsp3) is 0.0500. The molecule has 0 spiro atoms. The van der Waals surface area contributed by atoms with Gasteiger partial charge >= 0.3 is 5.97 Å². The predicted octanol–water partition coefficient (Wildman–Crippen LogP) is 3.24. The standard InChI is InChI=1S/C20H15N3O5/c1-28-20(25)17-13-22(19(24)16-10-4-3-9-15(16)17)21-12-6-8-14-7-2-5-11-18(14)23(26)27/h2-13H,1H3/b8-6+,21-12+. The smallest absolute Gasteiger partial charge is 0.340 e. The lowest BCUT2D eigenvalue weighted by Crippen LogP contribution is -2.19. The van der Waals surface area contributed by atoms with E-state index in [4.69, 9.17) is 4.74 Å². The van der Waals surface area contributed by atoms with E-state index in [1.165, 1.54) is 37.7 Å². The largest absolute Gasteiger partial charge is 0.465 e. The molecule has 0 amide bonds. The van der Waals surface area contributed by atoms with E-state index in [0.29, 0.717) is 16.3 Å². The van der Waals surface area contributed by atoms with E-state index in [9.17, 15) is 19.7 Å². The van der Waals surface area contributed by atoms with Crippen LogP contribution in [0, 0.1) is 10.1 Å². The molecule has 0 aliphatic heterocycles. The van der Waals surface area contributed by atoms with Gasteiger partial charge in [-0.15, -0.1) is 0 Å². The lowest BCUT2D eigenvalue weighted by molar-refractivity contribution is -0.385. The molecule has 0 radical (unpaired) electrons. The SMILES string of the molecule is COC(=O)c1cn(/N=C/C=C/c2ccccc2[N+](=O)[O-])c(=O)c2ccccc12. The zero-order valence-corrected chi connectivity index (χ0v) is 14.8. The number of allylic oxidation sites excluding steroid dienone is 1. The number of fused-ring (bicyclic) bond motifs is 1. The summed E-state index contributed by atoms with van der Waals surface area (Å²) in [5.74, 6) is -0.587. The molecule has 1 heterocycles. The van der Waals surface area contributed by atoms with Gasteiger partial charge in [-0.05, 0) is 24.3 Å². The molecule has 0 saturated heterocycles. The van der Waals surface area contributed by atoms with Crippen molar-refractivity contribution >= 4 is 34.7 Å². The molecule has 3 rings (SSSR count). The second-order valence-corrected chi connectivity index (χ2v) is 5.67. The van der Waals surface area contributed by atoms with Crippen LogP contribution in [0.4, 0.5) is 5.69 Å². The molecule has 0 fully saturated rings. The van der Waals surface area contributed by atoms with E-state index in [0.717, 1.165) is 4.68 Å². The third-order valence-corrected chi connectivity index (χ3v) is 4.00. The van der Waals surface area contributed by atoms with Crippen LogP contribution in [0.25, 0.3) is 16.8 Å². The zero-order chi connectivity index (χ0) is 20.1. The van der Waals surface area contributed by atoms with Gasteiger partial charge < -0.3 is 4.74 Å². The highest BCUT2D eigenvalue weighted by Gasteiger charge is 2.14. The van der Waals surface area contributed by atoms with Crippen molar-refractivity contribution in [2.45, 2.75) is 0 Å². The Balaban J connectivity index is 1.99. The van der Waals surface area contributed by atoms with Crippen LogP contribution in [0.3, 0.4) is 0 Å². The van der Waals surface area contributed by atoms with Gasteiger partial charge in [0.15, 0.2) is 0 Å². The zero-order valence-electron chi connectivity index (χ0n) is 14.8. The van der Waals surface area contributed by atoms with Crippen molar-refractivity contribution < 1.29 is 14.5 Å². The van der Waals surface area contributed by atoms with Crippen molar-refractivity contribution in [3.8, 4) is 0 Å². The molecular weight excluding hydrogens is 362 g/mol. The third kappa shape index (κ3) is 3.70. The number of benzene rings is 2. The Kier molecular flexibility index (Phi) is 5.40. The summed E-state index contributed by atoms with van der Waals surface area (Å²) in [5.41, 5.74) is 0.166. The van der Waals surface area contributed by atoms with Gasteiger partial charge in [-0.1, -0.05) is 30.3 Å². The molecule has 8 nitrogen and oxygen atoms in total. The van der Waals surface area contributed by atoms with E-state index in [-0.39, 0.29) is 11.3 Å². The van der Waals surface area contributed by atoms with Crippen LogP contribution in [0.15, 0.2) is 70.7 Å². The first kappa shape index (κ1) is 18.7. The fourth-order valence-corrected chi connectivity index (χ4v) is 2.69. The van der Waals surface area contributed by atoms with Crippen molar-refractivity contribution in [3.63, 3.8) is 0 Å². The number of carbonyl (C=O) groups excluding carboxylic acids is 1. The van der Waals surface area contributed by atoms with Crippen LogP contribution in [0.1, 0.15) is 15.9 Å². The predicted molar refractivity (Wildman–Crippen MR) is 106 cm³/mol. The van der Waals surface area contributed by atoms with Crippen LogP contribution in [-0.4, -0.2) is 28.9 Å². The van der Waals surface area contributed by atoms with Gasteiger partial charge in [0.2, 0.25) is 0 Å². The van der Waals surface area contributed by atoms with Gasteiger partial charge in [0.05, 0.1) is 23.2 Å². The molecule has 28 heavy (non-hydrogen) atoms. The quantitative estimate of drug-likeness (QED) is 0.294. The maximum Gasteiger partial charge on any atom is 0.340 e. The Bertz CT molecular complexity index is 1180. The Labute approximate surface area is 159 Å². The highest BCUT2D eigenvalue weighted by atomic mass is 16.6. The van der Waals surface area contributed by atoms with Gasteiger partial charge in [-0.2, -0.15) is 5.10 Å². The molecule has 0 aliphatic rings. The normalized spacial score (nSPS) is 11.3. The molecular formula is C20H15N3O5. The number of rotatable bonds is 5. The minimum atomic E-state index is -0.587. The minimum absolute atomic E-state index is 0.0389. The lowest BCUT2D eigenvalue weighted by Gasteiger charge is -2.07. The number of esters is 1. The van der Waals surface area contributed by atoms with Crippen LogP contribution in [-0.2, 0) is 4.74 Å². The highest BCUT2D eigenvalue weighted by molar-refractivity contribution is 6.03. The fourth-order valence-electron chi connectivity index (χ4n) is 2.69. The Hall–Kier alpha value is -4.07. The number of para-hydroxylation sites is 1. The summed E-state index contributed by atoms with van der Waals surface area (Å²) in [7, 11) is 1.26. The number of nitro benzene ring substituents is 1. The van der Waals surface area contributed by atoms with Crippen molar-refractivity contribution in [2.24, 2.45) is 5.10 Å². The summed E-state index contributed by atoms with van der Waals surface area (Å²) in [4.78, 5) is 35.2. The average Bonchev–Trinajstić information content (AvgIpc) is 2.72. The van der Waals surface area contributed by atoms with Gasteiger partial charge in [0.1, 0.15) is 0 Å². The number of methoxy groups -OCH3 is 1. The Morgan fingerprint density at radius 2 is 1.82 bits per heavy atom. The van der Waals surface area contributed by atoms with Crippen LogP contribution in [0.5, 0.6) is 0 Å². The van der Waals surface area contributed by atoms with E-state index in [2.05, 4.69) is 5.10 Å². The van der Waals surface area contributed by atoms with E-state index in [1.807, 2.05) is 0 Å². The number of nitrogens with zero attached hydrogens (tertiary/aromatic N) is 3. The summed E-state index contributed by atoms with van der Waals surface area (Å²) in [5, 5.41) is 15.9. The number of aromatic nitrogens is 1. The van der Waals surface area contributed by atoms with Gasteiger partial charge in [-0.25, -0.2) is 9.47 Å². The van der Waals surface area contributed by atoms with E-state index < -0.39 is 16.5 Å². The van der Waals surface area contributed by atoms with Crippen LogP contribution < -0.4 is 5.56 Å². The second-order valence-electron chi connectivity index (χ2n) is 5.67. The number of hydrogen-bond acceptors (Lipinski definition) is 6. The number of hydrogen-bond donors (Lipinski definition) is 0. The summed E-state index contributed by atoms with van der Waals surface area (Å²) in [6.45, 7) is 0. The summed E-state index contributed by atoms with van der Waals surface area (Å²) in [6.07, 6.45) is 5.59. The monoisotopic (exact) mass is 377 g/mol. The Morgan fingerprint density at radius 3 is 2.54 bits per heavy atom. The number of nitro groups is 1. The van der Waals surface area contributed by atoms with Crippen molar-refractivity contribution in [1.82, 2.24) is 4.68 Å². The topological polar surface area (TPSA) is 104 Å². The molecule has 0 saturated carbocycles. The van der Waals surface area contributed by atoms with Crippen LogP contribution >= 0.6 is 0 Å². The lowest BCUT2D eigenvalue weighted by atomic mass is 10.1. The third-order valence-electron chi connectivity index (χ3n) is 4.00. The van der Waals surface area contributed by atoms with E-state index >= 15 is 0 Å². The molecule has 0 N–H and O–H groups in total. The molecule has 0 bridgehead atoms. The molecule has 1 aromatic heterocycles.